The maximum Gasteiger partial charge on any atom is 0.348 e. The van der Waals surface area contributed by atoms with Gasteiger partial charge in [-0.1, -0.05) is 30.0 Å². The topological polar surface area (TPSA) is 93.5 Å². The van der Waals surface area contributed by atoms with Gasteiger partial charge >= 0.3 is 5.69 Å². The highest BCUT2D eigenvalue weighted by atomic mass is 32.2. The molecule has 0 saturated carbocycles. The molecular formula is C20H25N3O4S. The number of aromatic nitrogens is 2. The average Bonchev–Trinajstić information content (AvgIpc) is 2.73. The number of amides is 1. The molecule has 8 heteroatoms. The summed E-state index contributed by atoms with van der Waals surface area (Å²) in [6.07, 6.45) is 3.71. The van der Waals surface area contributed by atoms with Crippen molar-refractivity contribution in [2.75, 3.05) is 19.5 Å². The average molecular weight is 404 g/mol. The standard InChI is InChI=1S/C20H25N3O4S/c1-27-17-9-5-2-6-14(17)12-21-18(25)13-28-19-15-7-3-4-8-16(15)23(10-11-24)20(26)22-19/h2,5-6,9,24H,3-4,7-8,10-13H2,1H3,(H,21,25). The van der Waals surface area contributed by atoms with Gasteiger partial charge in [0.1, 0.15) is 10.8 Å². The van der Waals surface area contributed by atoms with Crippen LogP contribution in [0.1, 0.15) is 29.7 Å². The smallest absolute Gasteiger partial charge is 0.348 e. The van der Waals surface area contributed by atoms with E-state index in [0.717, 1.165) is 48.3 Å². The monoisotopic (exact) mass is 403 g/mol. The zero-order valence-electron chi connectivity index (χ0n) is 15.9. The number of hydrogen-bond donors (Lipinski definition) is 2. The van der Waals surface area contributed by atoms with Crippen LogP contribution in [-0.4, -0.2) is 40.0 Å². The summed E-state index contributed by atoms with van der Waals surface area (Å²) in [4.78, 5) is 28.8. The molecule has 1 aliphatic carbocycles. The van der Waals surface area contributed by atoms with E-state index in [-0.39, 0.29) is 30.5 Å². The molecule has 0 unspecified atom stereocenters. The Morgan fingerprint density at radius 3 is 2.89 bits per heavy atom. The normalized spacial score (nSPS) is 13.1. The first kappa shape index (κ1) is 20.4. The molecule has 28 heavy (non-hydrogen) atoms. The van der Waals surface area contributed by atoms with Gasteiger partial charge in [0.2, 0.25) is 5.91 Å². The van der Waals surface area contributed by atoms with Gasteiger partial charge in [-0.3, -0.25) is 9.36 Å². The van der Waals surface area contributed by atoms with Gasteiger partial charge in [-0.25, -0.2) is 4.79 Å². The Bertz CT molecular complexity index is 898. The number of thioether (sulfide) groups is 1. The third kappa shape index (κ3) is 4.74. The van der Waals surface area contributed by atoms with E-state index < -0.39 is 0 Å². The van der Waals surface area contributed by atoms with Crippen molar-refractivity contribution < 1.29 is 14.6 Å². The molecule has 0 radical (unpaired) electrons. The first-order valence-corrected chi connectivity index (χ1v) is 10.4. The van der Waals surface area contributed by atoms with Crippen LogP contribution >= 0.6 is 11.8 Å². The number of hydrogen-bond acceptors (Lipinski definition) is 6. The molecule has 0 aliphatic heterocycles. The molecule has 0 bridgehead atoms. The van der Waals surface area contributed by atoms with Crippen LogP contribution in [-0.2, 0) is 30.7 Å². The van der Waals surface area contributed by atoms with Gasteiger partial charge in [-0.05, 0) is 31.7 Å². The van der Waals surface area contributed by atoms with Crippen LogP contribution in [0.5, 0.6) is 5.75 Å². The van der Waals surface area contributed by atoms with Gasteiger partial charge in [-0.15, -0.1) is 0 Å². The van der Waals surface area contributed by atoms with E-state index in [1.165, 1.54) is 11.8 Å². The minimum atomic E-state index is -0.355. The Hall–Kier alpha value is -2.32. The van der Waals surface area contributed by atoms with E-state index in [2.05, 4.69) is 10.3 Å². The summed E-state index contributed by atoms with van der Waals surface area (Å²) >= 11 is 1.30. The first-order valence-electron chi connectivity index (χ1n) is 9.39. The number of nitrogens with zero attached hydrogens (tertiary/aromatic N) is 2. The zero-order valence-corrected chi connectivity index (χ0v) is 16.8. The molecule has 0 atom stereocenters. The molecule has 2 aromatic rings. The summed E-state index contributed by atoms with van der Waals surface area (Å²) in [5.74, 6) is 0.804. The zero-order chi connectivity index (χ0) is 19.9. The second-order valence-electron chi connectivity index (χ2n) is 6.58. The lowest BCUT2D eigenvalue weighted by atomic mass is 9.97. The lowest BCUT2D eigenvalue weighted by Crippen LogP contribution is -2.31. The maximum absolute atomic E-state index is 12.3. The predicted octanol–water partition coefficient (Wildman–Crippen LogP) is 1.53. The molecule has 150 valence electrons. The third-order valence-corrected chi connectivity index (χ3v) is 5.80. The first-order chi connectivity index (χ1) is 13.6. The largest absolute Gasteiger partial charge is 0.496 e. The van der Waals surface area contributed by atoms with Gasteiger partial charge < -0.3 is 15.2 Å². The number of fused-ring (bicyclic) bond motifs is 1. The highest BCUT2D eigenvalue weighted by Crippen LogP contribution is 2.28. The molecule has 0 spiro atoms. The number of carbonyl (C=O) groups is 1. The molecule has 1 aromatic heterocycles. The van der Waals surface area contributed by atoms with E-state index in [9.17, 15) is 14.7 Å². The second-order valence-corrected chi connectivity index (χ2v) is 7.55. The molecule has 0 fully saturated rings. The van der Waals surface area contributed by atoms with Gasteiger partial charge in [0, 0.05) is 23.4 Å². The number of aliphatic hydroxyl groups excluding tert-OH is 1. The van der Waals surface area contributed by atoms with Crippen molar-refractivity contribution in [3.63, 3.8) is 0 Å². The summed E-state index contributed by atoms with van der Waals surface area (Å²) in [6, 6.07) is 7.54. The van der Waals surface area contributed by atoms with Crippen LogP contribution in [0, 0.1) is 0 Å². The van der Waals surface area contributed by atoms with Gasteiger partial charge in [0.15, 0.2) is 0 Å². The molecule has 3 rings (SSSR count). The molecular weight excluding hydrogens is 378 g/mol. The van der Waals surface area contributed by atoms with Crippen molar-refractivity contribution >= 4 is 17.7 Å². The highest BCUT2D eigenvalue weighted by molar-refractivity contribution is 7.99. The Balaban J connectivity index is 1.66. The minimum absolute atomic E-state index is 0.0914. The molecule has 1 aliphatic rings. The number of methoxy groups -OCH3 is 1. The Morgan fingerprint density at radius 1 is 1.32 bits per heavy atom. The second kappa shape index (κ2) is 9.75. The molecule has 1 aromatic carbocycles. The summed E-state index contributed by atoms with van der Waals surface area (Å²) in [5, 5.41) is 12.8. The fourth-order valence-corrected chi connectivity index (χ4v) is 4.33. The number of nitrogens with one attached hydrogen (secondary N) is 1. The van der Waals surface area contributed by atoms with Gasteiger partial charge in [-0.2, -0.15) is 4.98 Å². The lowest BCUT2D eigenvalue weighted by Gasteiger charge is -2.22. The fraction of sp³-hybridized carbons (Fsp3) is 0.450. The van der Waals surface area contributed by atoms with E-state index in [1.807, 2.05) is 24.3 Å². The highest BCUT2D eigenvalue weighted by Gasteiger charge is 2.20. The lowest BCUT2D eigenvalue weighted by molar-refractivity contribution is -0.118. The van der Waals surface area contributed by atoms with Crippen LogP contribution in [0.4, 0.5) is 0 Å². The number of ether oxygens (including phenoxy) is 1. The number of aliphatic hydroxyl groups is 1. The SMILES string of the molecule is COc1ccccc1CNC(=O)CSc1nc(=O)n(CCO)c2c1CCCC2. The van der Waals surface area contributed by atoms with Crippen LogP contribution in [0.25, 0.3) is 0 Å². The van der Waals surface area contributed by atoms with Crippen LogP contribution in [0.15, 0.2) is 34.1 Å². The van der Waals surface area contributed by atoms with Gasteiger partial charge in [0.25, 0.3) is 0 Å². The Kier molecular flexibility index (Phi) is 7.11. The van der Waals surface area contributed by atoms with Gasteiger partial charge in [0.05, 0.1) is 26.0 Å². The van der Waals surface area contributed by atoms with Crippen LogP contribution in [0.2, 0.25) is 0 Å². The van der Waals surface area contributed by atoms with Crippen LogP contribution in [0.3, 0.4) is 0 Å². The summed E-state index contributed by atoms with van der Waals surface area (Å²) < 4.78 is 6.86. The van der Waals surface area contributed by atoms with Crippen molar-refractivity contribution in [3.8, 4) is 5.75 Å². The molecule has 1 amide bonds. The molecule has 1 heterocycles. The quantitative estimate of drug-likeness (QED) is 0.513. The Morgan fingerprint density at radius 2 is 2.11 bits per heavy atom. The van der Waals surface area contributed by atoms with Crippen molar-refractivity contribution in [1.82, 2.24) is 14.9 Å². The van der Waals surface area contributed by atoms with Crippen molar-refractivity contribution in [1.29, 1.82) is 0 Å². The number of benzene rings is 1. The van der Waals surface area contributed by atoms with E-state index >= 15 is 0 Å². The number of carbonyl (C=O) groups excluding carboxylic acids is 1. The third-order valence-electron chi connectivity index (χ3n) is 4.78. The number of rotatable bonds is 8. The minimum Gasteiger partial charge on any atom is -0.496 e. The van der Waals surface area contributed by atoms with E-state index in [1.54, 1.807) is 11.7 Å². The van der Waals surface area contributed by atoms with Crippen molar-refractivity contribution in [3.05, 3.63) is 51.6 Å². The van der Waals surface area contributed by atoms with Crippen LogP contribution < -0.4 is 15.7 Å². The van der Waals surface area contributed by atoms with E-state index in [0.29, 0.717) is 11.6 Å². The number of para-hydroxylation sites is 1. The Labute approximate surface area is 168 Å². The summed E-state index contributed by atoms with van der Waals surface area (Å²) in [7, 11) is 1.60. The molecule has 0 saturated heterocycles. The molecule has 7 nitrogen and oxygen atoms in total. The van der Waals surface area contributed by atoms with E-state index in [4.69, 9.17) is 4.74 Å². The summed E-state index contributed by atoms with van der Waals surface area (Å²) in [5.41, 5.74) is 2.55. The maximum atomic E-state index is 12.3. The predicted molar refractivity (Wildman–Crippen MR) is 108 cm³/mol. The fourth-order valence-electron chi connectivity index (χ4n) is 3.43. The van der Waals surface area contributed by atoms with Crippen molar-refractivity contribution in [2.24, 2.45) is 0 Å². The summed E-state index contributed by atoms with van der Waals surface area (Å²) in [6.45, 7) is 0.553. The molecule has 2 N–H and O–H groups in total. The van der Waals surface area contributed by atoms with Crippen molar-refractivity contribution in [2.45, 2.75) is 43.8 Å².